The summed E-state index contributed by atoms with van der Waals surface area (Å²) in [4.78, 5) is 11.7. The van der Waals surface area contributed by atoms with E-state index in [0.717, 1.165) is 38.3 Å². The molecule has 0 bridgehead atoms. The molecule has 2 N–H and O–H groups in total. The van der Waals surface area contributed by atoms with Crippen LogP contribution in [0.15, 0.2) is 0 Å². The SMILES string of the molecule is CC1CC(C(=O)N[C@H]2CCCNC2)C1.Cl. The number of piperidine rings is 1. The van der Waals surface area contributed by atoms with Crippen LogP contribution in [-0.2, 0) is 4.79 Å². The van der Waals surface area contributed by atoms with Crippen molar-refractivity contribution in [2.75, 3.05) is 13.1 Å². The summed E-state index contributed by atoms with van der Waals surface area (Å²) >= 11 is 0. The maximum atomic E-state index is 11.7. The predicted octanol–water partition coefficient (Wildman–Crippen LogP) is 1.32. The van der Waals surface area contributed by atoms with Crippen molar-refractivity contribution in [2.24, 2.45) is 11.8 Å². The van der Waals surface area contributed by atoms with E-state index >= 15 is 0 Å². The van der Waals surface area contributed by atoms with Crippen molar-refractivity contribution in [3.05, 3.63) is 0 Å². The average molecular weight is 233 g/mol. The topological polar surface area (TPSA) is 41.1 Å². The zero-order chi connectivity index (χ0) is 9.97. The third-order valence-electron chi connectivity index (χ3n) is 3.39. The van der Waals surface area contributed by atoms with Gasteiger partial charge in [0.1, 0.15) is 0 Å². The van der Waals surface area contributed by atoms with Gasteiger partial charge in [-0.15, -0.1) is 12.4 Å². The van der Waals surface area contributed by atoms with Crippen LogP contribution in [0.5, 0.6) is 0 Å². The molecule has 1 saturated carbocycles. The summed E-state index contributed by atoms with van der Waals surface area (Å²) in [7, 11) is 0. The molecule has 1 saturated heterocycles. The van der Waals surface area contributed by atoms with Gasteiger partial charge in [-0.25, -0.2) is 0 Å². The van der Waals surface area contributed by atoms with E-state index in [1.54, 1.807) is 0 Å². The number of carbonyl (C=O) groups excluding carboxylic acids is 1. The van der Waals surface area contributed by atoms with Crippen LogP contribution in [0.2, 0.25) is 0 Å². The van der Waals surface area contributed by atoms with Gasteiger partial charge in [0.25, 0.3) is 0 Å². The first kappa shape index (κ1) is 12.8. The lowest BCUT2D eigenvalue weighted by Crippen LogP contribution is -2.49. The molecule has 1 atom stereocenters. The van der Waals surface area contributed by atoms with E-state index in [4.69, 9.17) is 0 Å². The number of carbonyl (C=O) groups is 1. The number of nitrogens with one attached hydrogen (secondary N) is 2. The van der Waals surface area contributed by atoms with Crippen molar-refractivity contribution in [1.29, 1.82) is 0 Å². The number of halogens is 1. The Morgan fingerprint density at radius 1 is 1.40 bits per heavy atom. The van der Waals surface area contributed by atoms with Crippen LogP contribution in [0.4, 0.5) is 0 Å². The Morgan fingerprint density at radius 2 is 2.13 bits per heavy atom. The summed E-state index contributed by atoms with van der Waals surface area (Å²) in [6.45, 7) is 4.27. The van der Waals surface area contributed by atoms with Crippen LogP contribution in [0, 0.1) is 11.8 Å². The second-order valence-corrected chi connectivity index (χ2v) is 4.83. The Hall–Kier alpha value is -0.280. The molecule has 1 aliphatic heterocycles. The van der Waals surface area contributed by atoms with Gasteiger partial charge in [-0.2, -0.15) is 0 Å². The Morgan fingerprint density at radius 3 is 2.67 bits per heavy atom. The molecule has 2 rings (SSSR count). The molecule has 0 unspecified atom stereocenters. The van der Waals surface area contributed by atoms with E-state index in [1.807, 2.05) is 0 Å². The van der Waals surface area contributed by atoms with E-state index in [1.165, 1.54) is 6.42 Å². The van der Waals surface area contributed by atoms with Crippen LogP contribution in [0.25, 0.3) is 0 Å². The highest BCUT2D eigenvalue weighted by molar-refractivity contribution is 5.85. The summed E-state index contributed by atoms with van der Waals surface area (Å²) in [5.41, 5.74) is 0. The van der Waals surface area contributed by atoms with Crippen LogP contribution in [-0.4, -0.2) is 25.0 Å². The zero-order valence-electron chi connectivity index (χ0n) is 9.29. The first-order valence-corrected chi connectivity index (χ1v) is 5.77. The molecule has 0 aromatic carbocycles. The van der Waals surface area contributed by atoms with Crippen molar-refractivity contribution in [2.45, 2.75) is 38.6 Å². The van der Waals surface area contributed by atoms with Gasteiger partial charge in [-0.1, -0.05) is 6.92 Å². The van der Waals surface area contributed by atoms with Gasteiger partial charge >= 0.3 is 0 Å². The quantitative estimate of drug-likeness (QED) is 0.754. The number of rotatable bonds is 2. The highest BCUT2D eigenvalue weighted by Gasteiger charge is 2.32. The van der Waals surface area contributed by atoms with Crippen molar-refractivity contribution >= 4 is 18.3 Å². The highest BCUT2D eigenvalue weighted by Crippen LogP contribution is 2.33. The summed E-state index contributed by atoms with van der Waals surface area (Å²) in [5.74, 6) is 1.36. The molecule has 15 heavy (non-hydrogen) atoms. The average Bonchev–Trinajstić information content (AvgIpc) is 2.14. The van der Waals surface area contributed by atoms with Gasteiger partial charge in [0.15, 0.2) is 0 Å². The lowest BCUT2D eigenvalue weighted by Gasteiger charge is -2.33. The zero-order valence-corrected chi connectivity index (χ0v) is 10.1. The van der Waals surface area contributed by atoms with Crippen LogP contribution >= 0.6 is 12.4 Å². The highest BCUT2D eigenvalue weighted by atomic mass is 35.5. The largest absolute Gasteiger partial charge is 0.352 e. The second-order valence-electron chi connectivity index (χ2n) is 4.83. The molecule has 0 spiro atoms. The summed E-state index contributed by atoms with van der Waals surface area (Å²) in [6.07, 6.45) is 4.50. The number of amides is 1. The van der Waals surface area contributed by atoms with Gasteiger partial charge in [-0.3, -0.25) is 4.79 Å². The van der Waals surface area contributed by atoms with Crippen molar-refractivity contribution in [3.8, 4) is 0 Å². The van der Waals surface area contributed by atoms with Crippen molar-refractivity contribution < 1.29 is 4.79 Å². The maximum absolute atomic E-state index is 11.7. The third kappa shape index (κ3) is 3.35. The van der Waals surface area contributed by atoms with Gasteiger partial charge in [0.05, 0.1) is 0 Å². The molecular weight excluding hydrogens is 212 g/mol. The fourth-order valence-electron chi connectivity index (χ4n) is 2.41. The lowest BCUT2D eigenvalue weighted by atomic mass is 9.75. The number of hydrogen-bond acceptors (Lipinski definition) is 2. The fraction of sp³-hybridized carbons (Fsp3) is 0.909. The second kappa shape index (κ2) is 5.71. The molecule has 2 aliphatic rings. The van der Waals surface area contributed by atoms with Crippen molar-refractivity contribution in [3.63, 3.8) is 0 Å². The van der Waals surface area contributed by atoms with Crippen LogP contribution in [0.3, 0.4) is 0 Å². The standard InChI is InChI=1S/C11H20N2O.ClH/c1-8-5-9(6-8)11(14)13-10-3-2-4-12-7-10;/h8-10,12H,2-7H2,1H3,(H,13,14);1H/t8?,9?,10-;/m0./s1. The van der Waals surface area contributed by atoms with Crippen LogP contribution < -0.4 is 10.6 Å². The molecule has 1 heterocycles. The summed E-state index contributed by atoms with van der Waals surface area (Å²) in [5, 5.41) is 6.45. The Labute approximate surface area is 97.8 Å². The molecule has 1 amide bonds. The van der Waals surface area contributed by atoms with Gasteiger partial charge in [-0.05, 0) is 38.1 Å². The molecule has 4 heteroatoms. The Balaban J connectivity index is 0.00000112. The van der Waals surface area contributed by atoms with Crippen LogP contribution in [0.1, 0.15) is 32.6 Å². The molecule has 3 nitrogen and oxygen atoms in total. The molecule has 2 fully saturated rings. The molecule has 1 aliphatic carbocycles. The lowest BCUT2D eigenvalue weighted by molar-refractivity contribution is -0.129. The van der Waals surface area contributed by atoms with E-state index < -0.39 is 0 Å². The minimum Gasteiger partial charge on any atom is -0.352 e. The molecule has 0 radical (unpaired) electrons. The monoisotopic (exact) mass is 232 g/mol. The predicted molar refractivity (Wildman–Crippen MR) is 63.2 cm³/mol. The van der Waals surface area contributed by atoms with E-state index in [-0.39, 0.29) is 18.3 Å². The molecule has 0 aromatic heterocycles. The first-order chi connectivity index (χ1) is 6.75. The van der Waals surface area contributed by atoms with E-state index in [9.17, 15) is 4.79 Å². The van der Waals surface area contributed by atoms with Gasteiger partial charge in [0, 0.05) is 18.5 Å². The van der Waals surface area contributed by atoms with Gasteiger partial charge in [0.2, 0.25) is 5.91 Å². The Bertz CT molecular complexity index is 211. The smallest absolute Gasteiger partial charge is 0.223 e. The van der Waals surface area contributed by atoms with E-state index in [2.05, 4.69) is 17.6 Å². The number of hydrogen-bond donors (Lipinski definition) is 2. The minimum absolute atomic E-state index is 0. The maximum Gasteiger partial charge on any atom is 0.223 e. The fourth-order valence-corrected chi connectivity index (χ4v) is 2.41. The minimum atomic E-state index is 0. The van der Waals surface area contributed by atoms with Crippen molar-refractivity contribution in [1.82, 2.24) is 10.6 Å². The first-order valence-electron chi connectivity index (χ1n) is 5.77. The normalized spacial score (nSPS) is 34.9. The third-order valence-corrected chi connectivity index (χ3v) is 3.39. The molecule has 88 valence electrons. The molecule has 0 aromatic rings. The summed E-state index contributed by atoms with van der Waals surface area (Å²) in [6, 6.07) is 0.382. The van der Waals surface area contributed by atoms with E-state index in [0.29, 0.717) is 12.0 Å². The summed E-state index contributed by atoms with van der Waals surface area (Å²) < 4.78 is 0. The Kier molecular flexibility index (Phi) is 4.87. The van der Waals surface area contributed by atoms with Gasteiger partial charge < -0.3 is 10.6 Å². The molecular formula is C11H21ClN2O.